The largest absolute Gasteiger partial charge is 0.495 e. The van der Waals surface area contributed by atoms with Gasteiger partial charge in [-0.15, -0.1) is 24.0 Å². The van der Waals surface area contributed by atoms with Gasteiger partial charge in [-0.1, -0.05) is 12.1 Å². The zero-order chi connectivity index (χ0) is 15.5. The van der Waals surface area contributed by atoms with E-state index in [0.29, 0.717) is 12.5 Å². The van der Waals surface area contributed by atoms with E-state index >= 15 is 0 Å². The van der Waals surface area contributed by atoms with Crippen molar-refractivity contribution < 1.29 is 9.47 Å². The summed E-state index contributed by atoms with van der Waals surface area (Å²) in [4.78, 5) is 6.53. The van der Waals surface area contributed by atoms with Crippen LogP contribution in [0.15, 0.2) is 29.3 Å². The van der Waals surface area contributed by atoms with Gasteiger partial charge in [-0.05, 0) is 32.1 Å². The Hall–Kier alpha value is -1.06. The molecule has 0 amide bonds. The molecule has 126 valence electrons. The minimum atomic E-state index is 0. The number of aliphatic imine (C=N–C) groups is 1. The van der Waals surface area contributed by atoms with E-state index < -0.39 is 0 Å². The van der Waals surface area contributed by atoms with Gasteiger partial charge in [-0.3, -0.25) is 4.99 Å². The Morgan fingerprint density at radius 2 is 2.00 bits per heavy atom. The maximum absolute atomic E-state index is 5.88. The quantitative estimate of drug-likeness (QED) is 0.276. The number of para-hydroxylation sites is 2. The van der Waals surface area contributed by atoms with Crippen molar-refractivity contribution >= 4 is 35.6 Å². The number of hydrogen-bond acceptors (Lipinski definition) is 4. The molecule has 22 heavy (non-hydrogen) atoms. The summed E-state index contributed by atoms with van der Waals surface area (Å²) < 4.78 is 10.3. The Labute approximate surface area is 150 Å². The van der Waals surface area contributed by atoms with Crippen molar-refractivity contribution in [2.45, 2.75) is 6.42 Å². The Balaban J connectivity index is 0.00000441. The van der Waals surface area contributed by atoms with Gasteiger partial charge in [0.25, 0.3) is 0 Å². The molecule has 7 heteroatoms. The van der Waals surface area contributed by atoms with Crippen molar-refractivity contribution in [3.05, 3.63) is 24.3 Å². The van der Waals surface area contributed by atoms with Gasteiger partial charge >= 0.3 is 0 Å². The van der Waals surface area contributed by atoms with E-state index in [9.17, 15) is 0 Å². The molecule has 0 aliphatic rings. The maximum atomic E-state index is 5.88. The minimum Gasteiger partial charge on any atom is -0.495 e. The first kappa shape index (κ1) is 20.9. The third-order valence-corrected chi connectivity index (χ3v) is 3.03. The lowest BCUT2D eigenvalue weighted by Crippen LogP contribution is -2.26. The number of halogens is 1. The van der Waals surface area contributed by atoms with Crippen LogP contribution in [0.1, 0.15) is 6.42 Å². The Morgan fingerprint density at radius 1 is 1.27 bits per heavy atom. The first-order valence-corrected chi connectivity index (χ1v) is 7.04. The Morgan fingerprint density at radius 3 is 2.68 bits per heavy atom. The highest BCUT2D eigenvalue weighted by molar-refractivity contribution is 14.0. The Bertz CT molecular complexity index is 443. The second-order valence-corrected chi connectivity index (χ2v) is 4.74. The molecule has 3 N–H and O–H groups in total. The van der Waals surface area contributed by atoms with Crippen LogP contribution in [-0.2, 0) is 4.74 Å². The number of anilines is 1. The summed E-state index contributed by atoms with van der Waals surface area (Å²) in [6, 6.07) is 7.61. The average Bonchev–Trinajstić information content (AvgIpc) is 2.50. The van der Waals surface area contributed by atoms with Crippen LogP contribution in [0.4, 0.5) is 5.69 Å². The molecule has 1 rings (SSSR count). The second kappa shape index (κ2) is 12.5. The zero-order valence-electron chi connectivity index (χ0n) is 13.5. The standard InChI is InChI=1S/C15H26N4O2.HI/c1-19(11-12-20-2)10-6-9-17-15(16)18-13-7-4-5-8-14(13)21-3;/h4-5,7-8H,6,9-12H2,1-3H3,(H3,16,17,18);1H. The van der Waals surface area contributed by atoms with Gasteiger partial charge in [0.05, 0.1) is 19.4 Å². The van der Waals surface area contributed by atoms with Crippen LogP contribution in [-0.4, -0.2) is 58.4 Å². The summed E-state index contributed by atoms with van der Waals surface area (Å²) in [6.45, 7) is 3.33. The summed E-state index contributed by atoms with van der Waals surface area (Å²) in [5, 5.41) is 3.05. The molecule has 0 aromatic heterocycles. The zero-order valence-corrected chi connectivity index (χ0v) is 15.9. The SMILES string of the molecule is COCCN(C)CCCN=C(N)Nc1ccccc1OC.I. The predicted molar refractivity (Wildman–Crippen MR) is 103 cm³/mol. The molecule has 0 fully saturated rings. The van der Waals surface area contributed by atoms with E-state index in [1.807, 2.05) is 24.3 Å². The average molecular weight is 422 g/mol. The molecule has 0 spiro atoms. The monoisotopic (exact) mass is 422 g/mol. The molecule has 0 atom stereocenters. The van der Waals surface area contributed by atoms with Gasteiger partial charge in [0.2, 0.25) is 0 Å². The number of benzene rings is 1. The van der Waals surface area contributed by atoms with Crippen LogP contribution < -0.4 is 15.8 Å². The number of rotatable bonds is 9. The highest BCUT2D eigenvalue weighted by Crippen LogP contribution is 2.22. The molecule has 0 aliphatic carbocycles. The summed E-state index contributed by atoms with van der Waals surface area (Å²) in [5.74, 6) is 1.15. The fourth-order valence-electron chi connectivity index (χ4n) is 1.82. The van der Waals surface area contributed by atoms with Gasteiger partial charge in [0.1, 0.15) is 5.75 Å². The lowest BCUT2D eigenvalue weighted by molar-refractivity contribution is 0.161. The fraction of sp³-hybridized carbons (Fsp3) is 0.533. The molecular weight excluding hydrogens is 395 g/mol. The van der Waals surface area contributed by atoms with Crippen LogP contribution >= 0.6 is 24.0 Å². The van der Waals surface area contributed by atoms with Gasteiger partial charge in [-0.25, -0.2) is 0 Å². The highest BCUT2D eigenvalue weighted by Gasteiger charge is 2.02. The molecule has 0 saturated carbocycles. The van der Waals surface area contributed by atoms with Crippen LogP contribution in [0.5, 0.6) is 5.75 Å². The van der Waals surface area contributed by atoms with Crippen LogP contribution in [0.3, 0.4) is 0 Å². The molecule has 0 radical (unpaired) electrons. The number of nitrogens with zero attached hydrogens (tertiary/aromatic N) is 2. The lowest BCUT2D eigenvalue weighted by atomic mass is 10.3. The molecule has 1 aromatic rings. The van der Waals surface area contributed by atoms with Gasteiger partial charge < -0.3 is 25.4 Å². The topological polar surface area (TPSA) is 72.1 Å². The van der Waals surface area contributed by atoms with Crippen molar-refractivity contribution in [3.63, 3.8) is 0 Å². The van der Waals surface area contributed by atoms with E-state index in [2.05, 4.69) is 22.3 Å². The number of methoxy groups -OCH3 is 2. The van der Waals surface area contributed by atoms with Crippen molar-refractivity contribution in [2.75, 3.05) is 52.8 Å². The lowest BCUT2D eigenvalue weighted by Gasteiger charge is -2.15. The molecule has 0 bridgehead atoms. The van der Waals surface area contributed by atoms with Gasteiger partial charge in [0, 0.05) is 20.2 Å². The predicted octanol–water partition coefficient (Wildman–Crippen LogP) is 2.01. The fourth-order valence-corrected chi connectivity index (χ4v) is 1.82. The normalized spacial score (nSPS) is 11.2. The highest BCUT2D eigenvalue weighted by atomic mass is 127. The number of likely N-dealkylation sites (N-methyl/N-ethyl adjacent to an activating group) is 1. The van der Waals surface area contributed by atoms with Crippen LogP contribution in [0.2, 0.25) is 0 Å². The third-order valence-electron chi connectivity index (χ3n) is 3.03. The minimum absolute atomic E-state index is 0. The summed E-state index contributed by atoms with van der Waals surface area (Å²) in [5.41, 5.74) is 6.69. The Kier molecular flexibility index (Phi) is 11.9. The van der Waals surface area contributed by atoms with E-state index in [1.165, 1.54) is 0 Å². The van der Waals surface area contributed by atoms with E-state index in [1.54, 1.807) is 14.2 Å². The van der Waals surface area contributed by atoms with E-state index in [-0.39, 0.29) is 24.0 Å². The molecule has 0 saturated heterocycles. The summed E-state index contributed by atoms with van der Waals surface area (Å²) >= 11 is 0. The first-order valence-electron chi connectivity index (χ1n) is 7.04. The molecule has 0 heterocycles. The van der Waals surface area contributed by atoms with Crippen molar-refractivity contribution in [3.8, 4) is 5.75 Å². The number of nitrogens with one attached hydrogen (secondary N) is 1. The number of nitrogens with two attached hydrogens (primary N) is 1. The second-order valence-electron chi connectivity index (χ2n) is 4.74. The van der Waals surface area contributed by atoms with E-state index in [4.69, 9.17) is 15.2 Å². The number of guanidine groups is 1. The smallest absolute Gasteiger partial charge is 0.193 e. The van der Waals surface area contributed by atoms with Crippen LogP contribution in [0, 0.1) is 0 Å². The third kappa shape index (κ3) is 8.40. The summed E-state index contributed by atoms with van der Waals surface area (Å²) in [6.07, 6.45) is 0.953. The number of ether oxygens (including phenoxy) is 2. The maximum Gasteiger partial charge on any atom is 0.193 e. The van der Waals surface area contributed by atoms with Crippen molar-refractivity contribution in [2.24, 2.45) is 10.7 Å². The van der Waals surface area contributed by atoms with Crippen LogP contribution in [0.25, 0.3) is 0 Å². The van der Waals surface area contributed by atoms with Gasteiger partial charge in [-0.2, -0.15) is 0 Å². The van der Waals surface area contributed by atoms with Crippen molar-refractivity contribution in [1.29, 1.82) is 0 Å². The molecule has 1 aromatic carbocycles. The first-order chi connectivity index (χ1) is 10.2. The molecule has 6 nitrogen and oxygen atoms in total. The molecular formula is C15H27IN4O2. The van der Waals surface area contributed by atoms with E-state index in [0.717, 1.165) is 37.6 Å². The van der Waals surface area contributed by atoms with Gasteiger partial charge in [0.15, 0.2) is 5.96 Å². The summed E-state index contributed by atoms with van der Waals surface area (Å²) in [7, 11) is 5.41. The molecule has 0 aliphatic heterocycles. The number of hydrogen-bond donors (Lipinski definition) is 2. The van der Waals surface area contributed by atoms with Crippen molar-refractivity contribution in [1.82, 2.24) is 4.90 Å². The molecule has 0 unspecified atom stereocenters.